The lowest BCUT2D eigenvalue weighted by Crippen LogP contribution is -2.08. The number of aromatic nitrogens is 4. The van der Waals surface area contributed by atoms with Crippen LogP contribution < -0.4 is 5.32 Å². The average Bonchev–Trinajstić information content (AvgIpc) is 2.87. The molecule has 86 valence electrons. The van der Waals surface area contributed by atoms with Crippen molar-refractivity contribution in [3.05, 3.63) is 16.9 Å². The van der Waals surface area contributed by atoms with Gasteiger partial charge in [0.15, 0.2) is 5.01 Å². The van der Waals surface area contributed by atoms with Gasteiger partial charge in [-0.1, -0.05) is 11.3 Å². The van der Waals surface area contributed by atoms with E-state index in [2.05, 4.69) is 25.7 Å². The van der Waals surface area contributed by atoms with Crippen molar-refractivity contribution >= 4 is 11.3 Å². The zero-order chi connectivity index (χ0) is 11.4. The van der Waals surface area contributed by atoms with Gasteiger partial charge in [-0.25, -0.2) is 0 Å². The second-order valence-electron chi connectivity index (χ2n) is 3.62. The third-order valence-corrected chi connectivity index (χ3v) is 3.36. The molecule has 2 aromatic rings. The molecule has 2 aromatic heterocycles. The van der Waals surface area contributed by atoms with Gasteiger partial charge in [0.05, 0.1) is 11.8 Å². The first-order chi connectivity index (χ1) is 7.81. The van der Waals surface area contributed by atoms with E-state index in [0.717, 1.165) is 40.7 Å². The van der Waals surface area contributed by atoms with E-state index >= 15 is 0 Å². The molecule has 5 nitrogen and oxygen atoms in total. The van der Waals surface area contributed by atoms with Gasteiger partial charge in [0, 0.05) is 12.1 Å². The fourth-order valence-electron chi connectivity index (χ4n) is 1.45. The Balaban J connectivity index is 2.05. The van der Waals surface area contributed by atoms with Crippen molar-refractivity contribution < 1.29 is 0 Å². The summed E-state index contributed by atoms with van der Waals surface area (Å²) in [5, 5.41) is 20.4. The molecule has 16 heavy (non-hydrogen) atoms. The lowest BCUT2D eigenvalue weighted by atomic mass is 10.3. The third-order valence-electron chi connectivity index (χ3n) is 2.34. The number of hydrogen-bond donors (Lipinski definition) is 2. The lowest BCUT2D eigenvalue weighted by molar-refractivity contribution is 0.718. The fourth-order valence-corrected chi connectivity index (χ4v) is 2.39. The highest BCUT2D eigenvalue weighted by Crippen LogP contribution is 2.25. The quantitative estimate of drug-likeness (QED) is 0.771. The van der Waals surface area contributed by atoms with Crippen LogP contribution >= 0.6 is 11.3 Å². The highest BCUT2D eigenvalue weighted by molar-refractivity contribution is 7.14. The molecule has 0 spiro atoms. The molecule has 0 amide bonds. The Hall–Kier alpha value is -1.27. The Kier molecular flexibility index (Phi) is 3.63. The van der Waals surface area contributed by atoms with Crippen molar-refractivity contribution in [2.45, 2.75) is 19.8 Å². The Labute approximate surface area is 98.3 Å². The van der Waals surface area contributed by atoms with Gasteiger partial charge in [-0.3, -0.25) is 5.10 Å². The summed E-state index contributed by atoms with van der Waals surface area (Å²) in [5.41, 5.74) is 2.09. The lowest BCUT2D eigenvalue weighted by Gasteiger charge is -1.94. The molecular formula is C10H15N5S. The predicted molar refractivity (Wildman–Crippen MR) is 64.5 cm³/mol. The third kappa shape index (κ3) is 2.45. The average molecular weight is 237 g/mol. The van der Waals surface area contributed by atoms with E-state index < -0.39 is 0 Å². The van der Waals surface area contributed by atoms with Crippen molar-refractivity contribution in [1.29, 1.82) is 0 Å². The standard InChI is InChI=1S/C10H15N5S/c1-7-8(6-12-13-7)10-15-14-9(16-10)4-3-5-11-2/h6,11H,3-5H2,1-2H3,(H,12,13). The van der Waals surface area contributed by atoms with Crippen LogP contribution in [0.25, 0.3) is 10.6 Å². The van der Waals surface area contributed by atoms with Crippen LogP contribution in [-0.4, -0.2) is 34.0 Å². The SMILES string of the molecule is CNCCCc1nnc(-c2cn[nH]c2C)s1. The van der Waals surface area contributed by atoms with E-state index in [0.29, 0.717) is 0 Å². The fraction of sp³-hybridized carbons (Fsp3) is 0.500. The monoisotopic (exact) mass is 237 g/mol. The van der Waals surface area contributed by atoms with Crippen molar-refractivity contribution in [2.24, 2.45) is 0 Å². The second-order valence-corrected chi connectivity index (χ2v) is 4.68. The molecule has 0 atom stereocenters. The van der Waals surface area contributed by atoms with Crippen molar-refractivity contribution in [3.63, 3.8) is 0 Å². The number of nitrogens with zero attached hydrogens (tertiary/aromatic N) is 3. The van der Waals surface area contributed by atoms with Gasteiger partial charge in [-0.2, -0.15) is 5.10 Å². The summed E-state index contributed by atoms with van der Waals surface area (Å²) >= 11 is 1.65. The molecule has 2 heterocycles. The zero-order valence-corrected chi connectivity index (χ0v) is 10.3. The van der Waals surface area contributed by atoms with Crippen molar-refractivity contribution in [2.75, 3.05) is 13.6 Å². The van der Waals surface area contributed by atoms with Gasteiger partial charge in [0.1, 0.15) is 5.01 Å². The summed E-state index contributed by atoms with van der Waals surface area (Å²) < 4.78 is 0. The normalized spacial score (nSPS) is 10.9. The van der Waals surface area contributed by atoms with E-state index in [1.54, 1.807) is 17.5 Å². The van der Waals surface area contributed by atoms with Crippen LogP contribution in [0.2, 0.25) is 0 Å². The molecule has 0 saturated carbocycles. The summed E-state index contributed by atoms with van der Waals surface area (Å²) in [6.07, 6.45) is 3.87. The molecule has 6 heteroatoms. The first kappa shape index (κ1) is 11.2. The zero-order valence-electron chi connectivity index (χ0n) is 9.45. The molecule has 2 rings (SSSR count). The van der Waals surface area contributed by atoms with Crippen LogP contribution in [0.15, 0.2) is 6.20 Å². The molecule has 0 unspecified atom stereocenters. The molecule has 0 aliphatic heterocycles. The minimum atomic E-state index is 0.950. The molecular weight excluding hydrogens is 222 g/mol. The molecule has 0 bridgehead atoms. The summed E-state index contributed by atoms with van der Waals surface area (Å²) in [6, 6.07) is 0. The summed E-state index contributed by atoms with van der Waals surface area (Å²) in [6.45, 7) is 3.00. The predicted octanol–water partition coefficient (Wildman–Crippen LogP) is 1.39. The van der Waals surface area contributed by atoms with E-state index in [4.69, 9.17) is 0 Å². The van der Waals surface area contributed by atoms with Crippen LogP contribution in [0.1, 0.15) is 17.1 Å². The Morgan fingerprint density at radius 2 is 2.31 bits per heavy atom. The molecule has 0 aliphatic carbocycles. The summed E-state index contributed by atoms with van der Waals surface area (Å²) in [4.78, 5) is 0. The van der Waals surface area contributed by atoms with Gasteiger partial charge in [-0.15, -0.1) is 10.2 Å². The maximum absolute atomic E-state index is 4.19. The van der Waals surface area contributed by atoms with Gasteiger partial charge in [0.25, 0.3) is 0 Å². The van der Waals surface area contributed by atoms with Gasteiger partial charge >= 0.3 is 0 Å². The first-order valence-corrected chi connectivity index (χ1v) is 6.10. The van der Waals surface area contributed by atoms with E-state index in [1.165, 1.54) is 0 Å². The van der Waals surface area contributed by atoms with Crippen LogP contribution in [0.5, 0.6) is 0 Å². The smallest absolute Gasteiger partial charge is 0.151 e. The minimum absolute atomic E-state index is 0.950. The highest BCUT2D eigenvalue weighted by Gasteiger charge is 2.09. The molecule has 0 radical (unpaired) electrons. The van der Waals surface area contributed by atoms with Gasteiger partial charge in [0.2, 0.25) is 0 Å². The van der Waals surface area contributed by atoms with E-state index in [1.807, 2.05) is 14.0 Å². The number of H-pyrrole nitrogens is 1. The number of rotatable bonds is 5. The highest BCUT2D eigenvalue weighted by atomic mass is 32.1. The summed E-state index contributed by atoms with van der Waals surface area (Å²) in [7, 11) is 1.96. The van der Waals surface area contributed by atoms with Gasteiger partial charge in [-0.05, 0) is 26.9 Å². The molecule has 0 aromatic carbocycles. The Morgan fingerprint density at radius 3 is 3.00 bits per heavy atom. The van der Waals surface area contributed by atoms with Gasteiger partial charge < -0.3 is 5.32 Å². The first-order valence-electron chi connectivity index (χ1n) is 5.28. The van der Waals surface area contributed by atoms with Crippen molar-refractivity contribution in [1.82, 2.24) is 25.7 Å². The second kappa shape index (κ2) is 5.18. The minimum Gasteiger partial charge on any atom is -0.320 e. The molecule has 0 aliphatic rings. The molecule has 2 N–H and O–H groups in total. The van der Waals surface area contributed by atoms with Crippen molar-refractivity contribution in [3.8, 4) is 10.6 Å². The summed E-state index contributed by atoms with van der Waals surface area (Å²) in [5.74, 6) is 0. The van der Waals surface area contributed by atoms with E-state index in [-0.39, 0.29) is 0 Å². The largest absolute Gasteiger partial charge is 0.320 e. The maximum atomic E-state index is 4.19. The Bertz CT molecular complexity index is 448. The number of aryl methyl sites for hydroxylation is 2. The molecule has 0 fully saturated rings. The molecule has 0 saturated heterocycles. The van der Waals surface area contributed by atoms with Crippen LogP contribution in [0, 0.1) is 6.92 Å². The van der Waals surface area contributed by atoms with Crippen LogP contribution in [0.3, 0.4) is 0 Å². The van der Waals surface area contributed by atoms with E-state index in [9.17, 15) is 0 Å². The maximum Gasteiger partial charge on any atom is 0.151 e. The number of nitrogens with one attached hydrogen (secondary N) is 2. The Morgan fingerprint density at radius 1 is 1.44 bits per heavy atom. The topological polar surface area (TPSA) is 66.5 Å². The van der Waals surface area contributed by atoms with Crippen LogP contribution in [0.4, 0.5) is 0 Å². The number of hydrogen-bond acceptors (Lipinski definition) is 5. The van der Waals surface area contributed by atoms with Crippen LogP contribution in [-0.2, 0) is 6.42 Å². The number of aromatic amines is 1.